The molecule has 0 radical (unpaired) electrons. The quantitative estimate of drug-likeness (QED) is 0.180. The number of para-hydroxylation sites is 2. The number of aromatic nitrogens is 3. The second-order valence-electron chi connectivity index (χ2n) is 16.1. The normalized spacial score (nSPS) is 14.2. The summed E-state index contributed by atoms with van der Waals surface area (Å²) in [5.74, 6) is 0.674. The van der Waals surface area contributed by atoms with Gasteiger partial charge in [-0.25, -0.2) is 9.97 Å². The SMILES string of the molecule is CC1(C)C2=C(c3cc(-c4ccc5c(c4)c4ccccc4n5-c4nc(-c5ccc6c(c5)sc5ccccc56)c5ccccc5n4)ccc31)c1cccc3cccc2c13. The maximum absolute atomic E-state index is 5.42. The van der Waals surface area contributed by atoms with Gasteiger partial charge in [-0.3, -0.25) is 4.57 Å². The van der Waals surface area contributed by atoms with E-state index < -0.39 is 0 Å². The summed E-state index contributed by atoms with van der Waals surface area (Å²) in [7, 11) is 0. The summed E-state index contributed by atoms with van der Waals surface area (Å²) in [6, 6.07) is 60.1. The van der Waals surface area contributed by atoms with Crippen molar-refractivity contribution < 1.29 is 0 Å². The average molecular weight is 744 g/mol. The Morgan fingerprint density at radius 1 is 0.491 bits per heavy atom. The number of thiophene rings is 1. The van der Waals surface area contributed by atoms with Crippen molar-refractivity contribution in [2.45, 2.75) is 19.3 Å². The molecule has 0 fully saturated rings. The van der Waals surface area contributed by atoms with Crippen molar-refractivity contribution in [3.8, 4) is 28.3 Å². The lowest BCUT2D eigenvalue weighted by Gasteiger charge is -2.25. The number of nitrogens with zero attached hydrogens (tertiary/aromatic N) is 3. The fourth-order valence-electron chi connectivity index (χ4n) is 10.2. The van der Waals surface area contributed by atoms with Crippen LogP contribution in [-0.4, -0.2) is 14.5 Å². The summed E-state index contributed by atoms with van der Waals surface area (Å²) in [4.78, 5) is 10.7. The predicted molar refractivity (Wildman–Crippen MR) is 241 cm³/mol. The minimum atomic E-state index is -0.0871. The van der Waals surface area contributed by atoms with Crippen LogP contribution in [-0.2, 0) is 5.41 Å². The number of hydrogen-bond donors (Lipinski definition) is 0. The fourth-order valence-corrected chi connectivity index (χ4v) is 11.3. The molecule has 8 aromatic carbocycles. The van der Waals surface area contributed by atoms with Gasteiger partial charge in [-0.15, -0.1) is 11.3 Å². The summed E-state index contributed by atoms with van der Waals surface area (Å²) in [6.45, 7) is 4.78. The molecule has 0 bridgehead atoms. The van der Waals surface area contributed by atoms with Crippen molar-refractivity contribution in [3.63, 3.8) is 0 Å². The van der Waals surface area contributed by atoms with Crippen molar-refractivity contribution in [1.82, 2.24) is 14.5 Å². The number of fused-ring (bicyclic) bond motifs is 11. The van der Waals surface area contributed by atoms with Crippen LogP contribution in [0.1, 0.15) is 36.1 Å². The molecule has 0 atom stereocenters. The third kappa shape index (κ3) is 4.20. The molecule has 13 rings (SSSR count). The molecular weight excluding hydrogens is 711 g/mol. The molecule has 0 saturated heterocycles. The maximum atomic E-state index is 5.42. The molecule has 57 heavy (non-hydrogen) atoms. The predicted octanol–water partition coefficient (Wildman–Crippen LogP) is 14.1. The zero-order valence-corrected chi connectivity index (χ0v) is 32.2. The zero-order valence-electron chi connectivity index (χ0n) is 31.3. The molecule has 3 aromatic heterocycles. The van der Waals surface area contributed by atoms with Crippen LogP contribution in [0.5, 0.6) is 0 Å². The first-order chi connectivity index (χ1) is 28.0. The average Bonchev–Trinajstić information content (AvgIpc) is 3.96. The molecule has 0 saturated carbocycles. The van der Waals surface area contributed by atoms with Crippen LogP contribution in [0.2, 0.25) is 0 Å². The van der Waals surface area contributed by atoms with E-state index >= 15 is 0 Å². The first kappa shape index (κ1) is 31.3. The van der Waals surface area contributed by atoms with Gasteiger partial charge in [0.2, 0.25) is 5.95 Å². The minimum absolute atomic E-state index is 0.0871. The third-order valence-corrected chi connectivity index (χ3v) is 13.9. The molecule has 0 N–H and O–H groups in total. The van der Waals surface area contributed by atoms with E-state index in [9.17, 15) is 0 Å². The van der Waals surface area contributed by atoms with Crippen LogP contribution in [0, 0.1) is 0 Å². The highest BCUT2D eigenvalue weighted by atomic mass is 32.1. The van der Waals surface area contributed by atoms with E-state index in [1.54, 1.807) is 0 Å². The highest BCUT2D eigenvalue weighted by Crippen LogP contribution is 2.59. The van der Waals surface area contributed by atoms with Crippen molar-refractivity contribution in [1.29, 1.82) is 0 Å². The molecule has 266 valence electrons. The summed E-state index contributed by atoms with van der Waals surface area (Å²) in [5, 5.41) is 8.71. The van der Waals surface area contributed by atoms with Gasteiger partial charge >= 0.3 is 0 Å². The number of allylic oxidation sites excluding steroid dienone is 1. The molecule has 11 aromatic rings. The van der Waals surface area contributed by atoms with Crippen LogP contribution in [0.25, 0.3) is 103 Å². The second kappa shape index (κ2) is 11.1. The second-order valence-corrected chi connectivity index (χ2v) is 17.2. The number of benzene rings is 8. The molecule has 2 aliphatic rings. The Hall–Kier alpha value is -6.88. The van der Waals surface area contributed by atoms with Crippen molar-refractivity contribution in [2.24, 2.45) is 0 Å². The topological polar surface area (TPSA) is 30.7 Å². The molecule has 4 heteroatoms. The highest BCUT2D eigenvalue weighted by molar-refractivity contribution is 7.25. The number of rotatable bonds is 3. The molecule has 2 aliphatic carbocycles. The molecule has 0 unspecified atom stereocenters. The zero-order chi connectivity index (χ0) is 37.6. The first-order valence-electron chi connectivity index (χ1n) is 19.7. The van der Waals surface area contributed by atoms with E-state index in [2.05, 4.69) is 182 Å². The lowest BCUT2D eigenvalue weighted by atomic mass is 9.78. The van der Waals surface area contributed by atoms with Crippen molar-refractivity contribution >= 4 is 86.1 Å². The molecule has 0 spiro atoms. The van der Waals surface area contributed by atoms with Gasteiger partial charge in [0.15, 0.2) is 0 Å². The lowest BCUT2D eigenvalue weighted by molar-refractivity contribution is 0.705. The van der Waals surface area contributed by atoms with Gasteiger partial charge in [-0.05, 0) is 97.8 Å². The van der Waals surface area contributed by atoms with Gasteiger partial charge in [0.25, 0.3) is 0 Å². The standard InChI is InChI=1S/C53H33N3S/c1-53(2)42-25-22-31(28-41(42)49-38-16-9-11-30-12-10-17-39(48(30)38)50(49)53)32-23-26-45-40(27-32)34-13-4-7-19-44(34)56(45)52-54-43-18-6-3-15-37(43)51(55-52)33-21-24-36-35-14-5-8-20-46(35)57-47(36)29-33/h3-29H,1-2H3. The summed E-state index contributed by atoms with van der Waals surface area (Å²) in [6.07, 6.45) is 0. The van der Waals surface area contributed by atoms with E-state index in [1.165, 1.54) is 86.2 Å². The summed E-state index contributed by atoms with van der Waals surface area (Å²) >= 11 is 1.84. The van der Waals surface area contributed by atoms with Crippen LogP contribution >= 0.6 is 11.3 Å². The largest absolute Gasteiger partial charge is 0.278 e. The molecule has 0 amide bonds. The van der Waals surface area contributed by atoms with Crippen LogP contribution in [0.3, 0.4) is 0 Å². The van der Waals surface area contributed by atoms with Gasteiger partial charge in [-0.2, -0.15) is 0 Å². The van der Waals surface area contributed by atoms with E-state index in [4.69, 9.17) is 9.97 Å². The fraction of sp³-hybridized carbons (Fsp3) is 0.0566. The Labute approximate surface area is 332 Å². The van der Waals surface area contributed by atoms with Crippen LogP contribution < -0.4 is 0 Å². The monoisotopic (exact) mass is 743 g/mol. The van der Waals surface area contributed by atoms with Gasteiger partial charge in [-0.1, -0.05) is 135 Å². The van der Waals surface area contributed by atoms with Crippen LogP contribution in [0.4, 0.5) is 0 Å². The van der Waals surface area contributed by atoms with Crippen molar-refractivity contribution in [3.05, 3.63) is 186 Å². The van der Waals surface area contributed by atoms with Gasteiger partial charge in [0.1, 0.15) is 0 Å². The Morgan fingerprint density at radius 3 is 2.09 bits per heavy atom. The van der Waals surface area contributed by atoms with E-state index in [1.807, 2.05) is 11.3 Å². The Morgan fingerprint density at radius 2 is 1.19 bits per heavy atom. The van der Waals surface area contributed by atoms with Gasteiger partial charge in [0, 0.05) is 47.3 Å². The van der Waals surface area contributed by atoms with E-state index in [0.717, 1.165) is 33.2 Å². The van der Waals surface area contributed by atoms with E-state index in [-0.39, 0.29) is 5.41 Å². The van der Waals surface area contributed by atoms with E-state index in [0.29, 0.717) is 5.95 Å². The summed E-state index contributed by atoms with van der Waals surface area (Å²) in [5.41, 5.74) is 15.8. The summed E-state index contributed by atoms with van der Waals surface area (Å²) < 4.78 is 4.82. The van der Waals surface area contributed by atoms with Crippen LogP contribution in [0.15, 0.2) is 164 Å². The van der Waals surface area contributed by atoms with Crippen molar-refractivity contribution in [2.75, 3.05) is 0 Å². The van der Waals surface area contributed by atoms with Gasteiger partial charge < -0.3 is 0 Å². The molecule has 3 heterocycles. The Kier molecular flexibility index (Phi) is 6.12. The maximum Gasteiger partial charge on any atom is 0.235 e. The minimum Gasteiger partial charge on any atom is -0.278 e. The number of hydrogen-bond acceptors (Lipinski definition) is 3. The lowest BCUT2D eigenvalue weighted by Crippen LogP contribution is -2.16. The highest BCUT2D eigenvalue weighted by Gasteiger charge is 2.43. The Balaban J connectivity index is 0.985. The first-order valence-corrected chi connectivity index (χ1v) is 20.5. The Bertz CT molecular complexity index is 3610. The van der Waals surface area contributed by atoms with Gasteiger partial charge in [0.05, 0.1) is 22.2 Å². The molecular formula is C53H33N3S. The smallest absolute Gasteiger partial charge is 0.235 e. The molecule has 0 aliphatic heterocycles. The third-order valence-electron chi connectivity index (χ3n) is 12.7. The molecule has 3 nitrogen and oxygen atoms in total.